The summed E-state index contributed by atoms with van der Waals surface area (Å²) in [5, 5.41) is 0. The van der Waals surface area contributed by atoms with Crippen LogP contribution in [0.1, 0.15) is 37.0 Å². The molecule has 0 aliphatic carbocycles. The average Bonchev–Trinajstić information content (AvgIpc) is 2.33. The fraction of sp³-hybridized carbons (Fsp3) is 0.462. The van der Waals surface area contributed by atoms with Crippen molar-refractivity contribution in [1.82, 2.24) is 0 Å². The number of carbonyl (C=O) groups is 1. The molecule has 94 valence electrons. The summed E-state index contributed by atoms with van der Waals surface area (Å²) < 4.78 is 10.6. The smallest absolute Gasteiger partial charge is 0.341 e. The van der Waals surface area contributed by atoms with Gasteiger partial charge in [-0.2, -0.15) is 0 Å². The van der Waals surface area contributed by atoms with E-state index in [0.717, 1.165) is 12.8 Å². The van der Waals surface area contributed by atoms with Crippen LogP contribution >= 0.6 is 0 Å². The van der Waals surface area contributed by atoms with Crippen LogP contribution in [0.3, 0.4) is 0 Å². The number of hydrogen-bond donors (Lipinski definition) is 1. The van der Waals surface area contributed by atoms with Crippen molar-refractivity contribution >= 4 is 11.7 Å². The van der Waals surface area contributed by atoms with Crippen molar-refractivity contribution in [1.29, 1.82) is 0 Å². The van der Waals surface area contributed by atoms with Crippen molar-refractivity contribution in [2.24, 2.45) is 0 Å². The van der Waals surface area contributed by atoms with Crippen LogP contribution in [-0.2, 0) is 4.74 Å². The molecule has 2 N–H and O–H groups in total. The number of nitrogens with two attached hydrogens (primary N) is 1. The molecule has 0 aliphatic heterocycles. The van der Waals surface area contributed by atoms with Crippen LogP contribution in [0.5, 0.6) is 5.75 Å². The number of benzene rings is 1. The van der Waals surface area contributed by atoms with Gasteiger partial charge in [0.25, 0.3) is 0 Å². The van der Waals surface area contributed by atoms with E-state index >= 15 is 0 Å². The van der Waals surface area contributed by atoms with Crippen LogP contribution in [0.2, 0.25) is 0 Å². The van der Waals surface area contributed by atoms with Gasteiger partial charge in [0, 0.05) is 11.8 Å². The second kappa shape index (κ2) is 6.78. The Morgan fingerprint density at radius 1 is 1.24 bits per heavy atom. The Bertz CT molecular complexity index is 377. The largest absolute Gasteiger partial charge is 0.493 e. The third-order valence-corrected chi connectivity index (χ3v) is 2.12. The molecule has 0 radical (unpaired) electrons. The molecule has 1 aromatic rings. The van der Waals surface area contributed by atoms with Gasteiger partial charge in [0.2, 0.25) is 0 Å². The first-order valence-corrected chi connectivity index (χ1v) is 5.88. The molecule has 0 fully saturated rings. The first-order chi connectivity index (χ1) is 8.19. The molecule has 0 spiro atoms. The highest BCUT2D eigenvalue weighted by Crippen LogP contribution is 2.23. The molecule has 0 aliphatic rings. The Morgan fingerprint density at radius 3 is 2.59 bits per heavy atom. The van der Waals surface area contributed by atoms with Gasteiger partial charge in [-0.15, -0.1) is 0 Å². The quantitative estimate of drug-likeness (QED) is 0.610. The first kappa shape index (κ1) is 13.4. The van der Waals surface area contributed by atoms with Crippen LogP contribution in [0.25, 0.3) is 0 Å². The van der Waals surface area contributed by atoms with Crippen molar-refractivity contribution in [3.05, 3.63) is 23.8 Å². The standard InChI is InChI=1S/C13H19NO3/c1-3-7-16-12-9-10(14)5-6-11(12)13(15)17-8-4-2/h5-6,9H,3-4,7-8,14H2,1-2H3. The fourth-order valence-corrected chi connectivity index (χ4v) is 1.31. The van der Waals surface area contributed by atoms with E-state index in [9.17, 15) is 4.79 Å². The van der Waals surface area contributed by atoms with Crippen molar-refractivity contribution < 1.29 is 14.3 Å². The van der Waals surface area contributed by atoms with E-state index in [1.807, 2.05) is 13.8 Å². The summed E-state index contributed by atoms with van der Waals surface area (Å²) >= 11 is 0. The van der Waals surface area contributed by atoms with Crippen LogP contribution < -0.4 is 10.5 Å². The topological polar surface area (TPSA) is 61.5 Å². The van der Waals surface area contributed by atoms with Crippen LogP contribution in [-0.4, -0.2) is 19.2 Å². The maximum absolute atomic E-state index is 11.8. The monoisotopic (exact) mass is 237 g/mol. The van der Waals surface area contributed by atoms with Gasteiger partial charge in [0.1, 0.15) is 11.3 Å². The van der Waals surface area contributed by atoms with Gasteiger partial charge in [0.05, 0.1) is 13.2 Å². The lowest BCUT2D eigenvalue weighted by Gasteiger charge is -2.11. The molecule has 0 atom stereocenters. The predicted octanol–water partition coefficient (Wildman–Crippen LogP) is 2.62. The Hall–Kier alpha value is -1.71. The van der Waals surface area contributed by atoms with Gasteiger partial charge in [-0.25, -0.2) is 4.79 Å². The summed E-state index contributed by atoms with van der Waals surface area (Å²) in [4.78, 5) is 11.8. The van der Waals surface area contributed by atoms with Gasteiger partial charge < -0.3 is 15.2 Å². The molecule has 0 heterocycles. The van der Waals surface area contributed by atoms with E-state index in [0.29, 0.717) is 30.2 Å². The van der Waals surface area contributed by atoms with Crippen molar-refractivity contribution in [2.75, 3.05) is 18.9 Å². The van der Waals surface area contributed by atoms with Gasteiger partial charge >= 0.3 is 5.97 Å². The van der Waals surface area contributed by atoms with Crippen LogP contribution in [0.4, 0.5) is 5.69 Å². The molecule has 4 heteroatoms. The van der Waals surface area contributed by atoms with E-state index < -0.39 is 0 Å². The summed E-state index contributed by atoms with van der Waals surface area (Å²) in [5.41, 5.74) is 6.67. The Morgan fingerprint density at radius 2 is 1.94 bits per heavy atom. The molecule has 1 aromatic carbocycles. The minimum absolute atomic E-state index is 0.363. The molecular weight excluding hydrogens is 218 g/mol. The molecule has 1 rings (SSSR count). The molecule has 0 aromatic heterocycles. The summed E-state index contributed by atoms with van der Waals surface area (Å²) in [6.07, 6.45) is 1.67. The van der Waals surface area contributed by atoms with E-state index in [-0.39, 0.29) is 5.97 Å². The minimum Gasteiger partial charge on any atom is -0.493 e. The lowest BCUT2D eigenvalue weighted by Crippen LogP contribution is -2.09. The van der Waals surface area contributed by atoms with Crippen molar-refractivity contribution in [3.63, 3.8) is 0 Å². The van der Waals surface area contributed by atoms with E-state index in [1.165, 1.54) is 0 Å². The molecule has 0 bridgehead atoms. The maximum atomic E-state index is 11.8. The summed E-state index contributed by atoms with van der Waals surface area (Å²) in [6.45, 7) is 4.92. The highest BCUT2D eigenvalue weighted by Gasteiger charge is 2.14. The zero-order valence-corrected chi connectivity index (χ0v) is 10.4. The second-order valence-electron chi connectivity index (χ2n) is 3.74. The lowest BCUT2D eigenvalue weighted by atomic mass is 10.2. The predicted molar refractivity (Wildman–Crippen MR) is 67.2 cm³/mol. The Kier molecular flexibility index (Phi) is 5.33. The normalized spacial score (nSPS) is 10.0. The van der Waals surface area contributed by atoms with E-state index in [4.69, 9.17) is 15.2 Å². The number of anilines is 1. The average molecular weight is 237 g/mol. The molecule has 0 saturated carbocycles. The first-order valence-electron chi connectivity index (χ1n) is 5.88. The molecule has 0 unspecified atom stereocenters. The number of ether oxygens (including phenoxy) is 2. The van der Waals surface area contributed by atoms with Gasteiger partial charge in [0.15, 0.2) is 0 Å². The molecule has 0 saturated heterocycles. The fourth-order valence-electron chi connectivity index (χ4n) is 1.31. The SMILES string of the molecule is CCCOC(=O)c1ccc(N)cc1OCCC. The number of carbonyl (C=O) groups excluding carboxylic acids is 1. The van der Waals surface area contributed by atoms with Crippen molar-refractivity contribution in [3.8, 4) is 5.75 Å². The second-order valence-corrected chi connectivity index (χ2v) is 3.74. The highest BCUT2D eigenvalue weighted by atomic mass is 16.5. The lowest BCUT2D eigenvalue weighted by molar-refractivity contribution is 0.0500. The highest BCUT2D eigenvalue weighted by molar-refractivity contribution is 5.93. The van der Waals surface area contributed by atoms with E-state index in [2.05, 4.69) is 0 Å². The maximum Gasteiger partial charge on any atom is 0.341 e. The van der Waals surface area contributed by atoms with Gasteiger partial charge in [-0.1, -0.05) is 13.8 Å². The molecule has 0 amide bonds. The number of nitrogen functional groups attached to an aromatic ring is 1. The summed E-state index contributed by atoms with van der Waals surface area (Å²) in [6, 6.07) is 4.96. The summed E-state index contributed by atoms with van der Waals surface area (Å²) in [5.74, 6) is 0.130. The number of hydrogen-bond acceptors (Lipinski definition) is 4. The summed E-state index contributed by atoms with van der Waals surface area (Å²) in [7, 11) is 0. The van der Waals surface area contributed by atoms with Crippen LogP contribution in [0, 0.1) is 0 Å². The molecule has 17 heavy (non-hydrogen) atoms. The molecule has 4 nitrogen and oxygen atoms in total. The van der Waals surface area contributed by atoms with E-state index in [1.54, 1.807) is 18.2 Å². The zero-order valence-electron chi connectivity index (χ0n) is 10.4. The third kappa shape index (κ3) is 3.98. The van der Waals surface area contributed by atoms with Gasteiger partial charge in [-0.05, 0) is 25.0 Å². The number of rotatable bonds is 6. The minimum atomic E-state index is -0.363. The van der Waals surface area contributed by atoms with Gasteiger partial charge in [-0.3, -0.25) is 0 Å². The zero-order chi connectivity index (χ0) is 12.7. The third-order valence-electron chi connectivity index (χ3n) is 2.12. The number of esters is 1. The van der Waals surface area contributed by atoms with Crippen molar-refractivity contribution in [2.45, 2.75) is 26.7 Å². The Balaban J connectivity index is 2.84. The molecular formula is C13H19NO3. The Labute approximate surface area is 102 Å². The van der Waals surface area contributed by atoms with Crippen LogP contribution in [0.15, 0.2) is 18.2 Å².